The summed E-state index contributed by atoms with van der Waals surface area (Å²) in [5.41, 5.74) is -2.75. The molecule has 17 heteroatoms. The van der Waals surface area contributed by atoms with E-state index in [1.165, 1.54) is 0 Å². The molecule has 0 aliphatic carbocycles. The summed E-state index contributed by atoms with van der Waals surface area (Å²) in [6.45, 7) is 19.7. The molecule has 0 aromatic carbocycles. The molecular formula is C46H81N5O12. The molecule has 1 aromatic rings. The number of carbonyl (C=O) groups is 1. The van der Waals surface area contributed by atoms with Crippen LogP contribution in [-0.4, -0.2) is 188 Å². The van der Waals surface area contributed by atoms with E-state index in [0.29, 0.717) is 44.9 Å². The fraction of sp³-hybridized carbons (Fsp3) is 0.870. The summed E-state index contributed by atoms with van der Waals surface area (Å²) in [5.74, 6) is -1.53. The van der Waals surface area contributed by atoms with Gasteiger partial charge in [0.25, 0.3) is 0 Å². The lowest BCUT2D eigenvalue weighted by atomic mass is 9.74. The van der Waals surface area contributed by atoms with Crippen LogP contribution in [0.25, 0.3) is 0 Å². The Morgan fingerprint density at radius 3 is 2.32 bits per heavy atom. The second-order valence-electron chi connectivity index (χ2n) is 19.5. The molecule has 0 spiro atoms. The molecule has 17 atom stereocenters. The molecule has 5 aliphatic rings. The van der Waals surface area contributed by atoms with Crippen molar-refractivity contribution < 1.29 is 58.0 Å². The van der Waals surface area contributed by atoms with E-state index in [0.717, 1.165) is 5.56 Å². The lowest BCUT2D eigenvalue weighted by molar-refractivity contribution is -0.337. The Hall–Kier alpha value is -2.10. The van der Waals surface area contributed by atoms with Gasteiger partial charge in [-0.05, 0) is 87.4 Å². The van der Waals surface area contributed by atoms with Gasteiger partial charge in [-0.1, -0.05) is 19.9 Å². The Balaban J connectivity index is 1.40. The number of aliphatic hydroxyl groups is 3. The minimum atomic E-state index is -1.47. The number of nitrogens with one attached hydrogen (secondary N) is 2. The lowest BCUT2D eigenvalue weighted by Gasteiger charge is -2.54. The third-order valence-electron chi connectivity index (χ3n) is 14.9. The number of esters is 1. The quantitative estimate of drug-likeness (QED) is 0.127. The van der Waals surface area contributed by atoms with E-state index in [1.807, 2.05) is 79.6 Å². The van der Waals surface area contributed by atoms with Gasteiger partial charge in [0.15, 0.2) is 12.6 Å². The highest BCUT2D eigenvalue weighted by Crippen LogP contribution is 2.44. The van der Waals surface area contributed by atoms with E-state index in [-0.39, 0.29) is 49.2 Å². The van der Waals surface area contributed by atoms with Gasteiger partial charge >= 0.3 is 5.97 Å². The van der Waals surface area contributed by atoms with E-state index in [2.05, 4.69) is 20.5 Å². The van der Waals surface area contributed by atoms with Gasteiger partial charge in [-0.2, -0.15) is 0 Å². The van der Waals surface area contributed by atoms with Crippen LogP contribution < -0.4 is 15.4 Å². The number of ether oxygens (including phenoxy) is 8. The van der Waals surface area contributed by atoms with Crippen LogP contribution >= 0.6 is 0 Å². The SMILES string of the molecule is COc1ncccc1C(C)NCCNC[C@@]1(O)[C@H](C)O[C@@H](O[C@H]2[C@H](C)[C@@H](O[C@H]3O[C@H](C)C[C@H](N(C)C)[C@H]3O)[C@@](C)(OC)C[C@@H](C)[C@H](O)[C@H](C)N3CC(C3)OC(=O)[C@@H]2C)C[C@@]1(C)OC. The Bertz CT molecular complexity index is 1610. The number of likely N-dealkylation sites (N-methyl/N-ethyl adjacent to an activating group) is 1. The second-order valence-corrected chi connectivity index (χ2v) is 19.5. The first-order valence-electron chi connectivity index (χ1n) is 23.0. The third-order valence-corrected chi connectivity index (χ3v) is 14.9. The Labute approximate surface area is 376 Å². The number of hydrogen-bond donors (Lipinski definition) is 5. The zero-order chi connectivity index (χ0) is 46.6. The van der Waals surface area contributed by atoms with Gasteiger partial charge in [-0.15, -0.1) is 0 Å². The maximum absolute atomic E-state index is 14.2. The van der Waals surface area contributed by atoms with Crippen molar-refractivity contribution >= 4 is 5.97 Å². The number of rotatable bonds is 15. The standard InChI is InChI=1S/C46H81N5O12/c1-26-21-44(8,57-13)40(63-43-38(53)35(50(10)11)20-27(2)59-43)28(3)39(29(4)42(54)61-33-23-51(24-33)31(6)37(26)52)62-36-22-45(9,58-14)46(55,32(7)60-36)25-47-18-19-48-30(5)34-16-15-17-49-41(34)56-12/h15-17,26-33,35-40,43,47-48,52-53,55H,18-25H2,1-14H3/t26-,27-,28+,29-,30?,31+,32+,35+,36+,37+,38-,39+,40-,43-,44+,45-,46-/m1/s1. The number of hydrogen-bond acceptors (Lipinski definition) is 17. The van der Waals surface area contributed by atoms with E-state index < -0.39 is 77.7 Å². The molecular weight excluding hydrogens is 815 g/mol. The number of aliphatic hydroxyl groups excluding tert-OH is 2. The van der Waals surface area contributed by atoms with Crippen LogP contribution in [0.5, 0.6) is 5.88 Å². The molecule has 1 aromatic heterocycles. The summed E-state index contributed by atoms with van der Waals surface area (Å²) in [6, 6.07) is 3.41. The van der Waals surface area contributed by atoms with Crippen LogP contribution in [0.3, 0.4) is 0 Å². The number of methoxy groups -OCH3 is 3. The smallest absolute Gasteiger partial charge is 0.311 e. The highest BCUT2D eigenvalue weighted by atomic mass is 16.7. The summed E-state index contributed by atoms with van der Waals surface area (Å²) in [7, 11) is 8.63. The average Bonchev–Trinajstić information content (AvgIpc) is 3.24. The Morgan fingerprint density at radius 1 is 0.984 bits per heavy atom. The first kappa shape index (κ1) is 51.9. The molecule has 5 saturated heterocycles. The van der Waals surface area contributed by atoms with Gasteiger partial charge in [0, 0.05) is 89.2 Å². The first-order valence-corrected chi connectivity index (χ1v) is 23.0. The first-order chi connectivity index (χ1) is 29.6. The molecule has 1 unspecified atom stereocenters. The van der Waals surface area contributed by atoms with Crippen LogP contribution in [0.1, 0.15) is 93.2 Å². The summed E-state index contributed by atoms with van der Waals surface area (Å²) >= 11 is 0. The number of carbonyl (C=O) groups excluding carboxylic acids is 1. The number of pyridine rings is 1. The molecule has 6 heterocycles. The van der Waals surface area contributed by atoms with Gasteiger partial charge in [-0.25, -0.2) is 4.98 Å². The molecule has 0 saturated carbocycles. The summed E-state index contributed by atoms with van der Waals surface area (Å²) < 4.78 is 51.0. The molecule has 5 aliphatic heterocycles. The molecule has 0 radical (unpaired) electrons. The summed E-state index contributed by atoms with van der Waals surface area (Å²) in [4.78, 5) is 22.6. The zero-order valence-corrected chi connectivity index (χ0v) is 40.4. The van der Waals surface area contributed by atoms with Crippen molar-refractivity contribution in [2.75, 3.05) is 68.1 Å². The second kappa shape index (κ2) is 21.7. The van der Waals surface area contributed by atoms with Crippen LogP contribution in [0.2, 0.25) is 0 Å². The van der Waals surface area contributed by atoms with Crippen molar-refractivity contribution in [3.63, 3.8) is 0 Å². The van der Waals surface area contributed by atoms with Crippen molar-refractivity contribution in [2.24, 2.45) is 17.8 Å². The molecule has 362 valence electrons. The topological polar surface area (TPSA) is 195 Å². The highest BCUT2D eigenvalue weighted by Gasteiger charge is 2.58. The van der Waals surface area contributed by atoms with Crippen LogP contribution in [-0.2, 0) is 38.0 Å². The van der Waals surface area contributed by atoms with Gasteiger partial charge in [-0.3, -0.25) is 9.69 Å². The van der Waals surface area contributed by atoms with Crippen molar-refractivity contribution in [1.29, 1.82) is 0 Å². The normalized spacial score (nSPS) is 43.4. The predicted octanol–water partition coefficient (Wildman–Crippen LogP) is 2.49. The van der Waals surface area contributed by atoms with Crippen molar-refractivity contribution in [2.45, 2.75) is 172 Å². The molecule has 17 nitrogen and oxygen atoms in total. The van der Waals surface area contributed by atoms with Gasteiger partial charge in [0.2, 0.25) is 5.88 Å². The molecule has 6 rings (SSSR count). The maximum Gasteiger partial charge on any atom is 0.311 e. The molecule has 5 N–H and O–H groups in total. The minimum absolute atomic E-state index is 0.0166. The monoisotopic (exact) mass is 896 g/mol. The summed E-state index contributed by atoms with van der Waals surface area (Å²) in [5, 5.41) is 42.7. The van der Waals surface area contributed by atoms with Crippen LogP contribution in [0.15, 0.2) is 18.3 Å². The molecule has 2 bridgehead atoms. The lowest BCUT2D eigenvalue weighted by Crippen LogP contribution is -2.70. The Morgan fingerprint density at radius 2 is 1.68 bits per heavy atom. The third kappa shape index (κ3) is 11.4. The zero-order valence-electron chi connectivity index (χ0n) is 40.4. The van der Waals surface area contributed by atoms with Crippen molar-refractivity contribution in [1.82, 2.24) is 25.4 Å². The molecule has 5 fully saturated rings. The maximum atomic E-state index is 14.2. The number of fused-ring (bicyclic) bond motifs is 10. The number of aromatic nitrogens is 1. The fourth-order valence-electron chi connectivity index (χ4n) is 10.4. The van der Waals surface area contributed by atoms with Crippen molar-refractivity contribution in [3.05, 3.63) is 23.9 Å². The van der Waals surface area contributed by atoms with E-state index in [4.69, 9.17) is 37.9 Å². The van der Waals surface area contributed by atoms with Crippen LogP contribution in [0, 0.1) is 17.8 Å². The Kier molecular flexibility index (Phi) is 17.9. The molecule has 63 heavy (non-hydrogen) atoms. The van der Waals surface area contributed by atoms with Crippen molar-refractivity contribution in [3.8, 4) is 5.88 Å². The molecule has 0 amide bonds. The fourth-order valence-corrected chi connectivity index (χ4v) is 10.4. The predicted molar refractivity (Wildman–Crippen MR) is 236 cm³/mol. The highest BCUT2D eigenvalue weighted by molar-refractivity contribution is 5.73. The largest absolute Gasteiger partial charge is 0.481 e. The van der Waals surface area contributed by atoms with Gasteiger partial charge in [0.1, 0.15) is 23.4 Å². The van der Waals surface area contributed by atoms with Crippen LogP contribution in [0.4, 0.5) is 0 Å². The average molecular weight is 896 g/mol. The minimum Gasteiger partial charge on any atom is -0.481 e. The van der Waals surface area contributed by atoms with Gasteiger partial charge < -0.3 is 68.7 Å². The van der Waals surface area contributed by atoms with E-state index in [9.17, 15) is 20.1 Å². The van der Waals surface area contributed by atoms with E-state index in [1.54, 1.807) is 41.4 Å². The van der Waals surface area contributed by atoms with Gasteiger partial charge in [0.05, 0.1) is 49.1 Å². The number of nitrogens with zero attached hydrogens (tertiary/aromatic N) is 3. The van der Waals surface area contributed by atoms with E-state index >= 15 is 0 Å². The summed E-state index contributed by atoms with van der Waals surface area (Å²) in [6.07, 6.45) is -3.91.